The van der Waals surface area contributed by atoms with E-state index in [0.29, 0.717) is 0 Å². The van der Waals surface area contributed by atoms with Crippen LogP contribution >= 0.6 is 7.81 Å². The number of rotatable bonds is 0. The molecule has 0 spiro atoms. The molecule has 0 amide bonds. The first-order valence-corrected chi connectivity index (χ1v) is 6.71. The summed E-state index contributed by atoms with van der Waals surface area (Å²) >= 11 is 0. The molecule has 0 saturated carbocycles. The molecule has 2 rings (SSSR count). The second kappa shape index (κ2) is 7.13. The third kappa shape index (κ3) is 38.2. The van der Waals surface area contributed by atoms with Crippen LogP contribution in [0.5, 0.6) is 0 Å². The Hall–Kier alpha value is -0.771. The Morgan fingerprint density at radius 3 is 0.789 bits per heavy atom. The van der Waals surface area contributed by atoms with Gasteiger partial charge in [-0.2, -0.15) is 0 Å². The molecule has 1 aromatic rings. The van der Waals surface area contributed by atoms with E-state index in [4.69, 9.17) is 0 Å². The summed E-state index contributed by atoms with van der Waals surface area (Å²) in [6.07, 6.45) is 10.0. The summed E-state index contributed by atoms with van der Waals surface area (Å²) in [4.78, 5) is 0. The van der Waals surface area contributed by atoms with Crippen LogP contribution in [0.4, 0.5) is 25.2 Å². The van der Waals surface area contributed by atoms with Crippen LogP contribution in [0.2, 0.25) is 0 Å². The Kier molecular flexibility index (Phi) is 7.71. The Balaban J connectivity index is 0. The topological polar surface area (TPSA) is 0 Å². The van der Waals surface area contributed by atoms with Crippen molar-refractivity contribution in [1.29, 1.82) is 0 Å². The number of allylic oxidation sites excluding steroid dienone is 4. The molecule has 0 aromatic heterocycles. The van der Waals surface area contributed by atoms with Crippen LogP contribution in [0, 0.1) is 6.42 Å². The zero-order valence-corrected chi connectivity index (χ0v) is 11.4. The van der Waals surface area contributed by atoms with Gasteiger partial charge >= 0.3 is 33.0 Å². The van der Waals surface area contributed by atoms with Crippen molar-refractivity contribution in [2.45, 2.75) is 0 Å². The number of hydrogen-bond donors (Lipinski definition) is 0. The monoisotopic (exact) mass is 344 g/mol. The van der Waals surface area contributed by atoms with Crippen molar-refractivity contribution in [3.63, 3.8) is 0 Å². The fourth-order valence-electron chi connectivity index (χ4n) is 0.706. The average molecular weight is 344 g/mol. The van der Waals surface area contributed by atoms with E-state index in [2.05, 4.69) is 0 Å². The van der Waals surface area contributed by atoms with Crippen molar-refractivity contribution in [3.05, 3.63) is 67.1 Å². The van der Waals surface area contributed by atoms with Crippen LogP contribution in [0.3, 0.4) is 0 Å². The maximum absolute atomic E-state index is 10.7. The van der Waals surface area contributed by atoms with Crippen molar-refractivity contribution in [3.8, 4) is 0 Å². The minimum atomic E-state index is -10.7. The maximum atomic E-state index is 9.87. The summed E-state index contributed by atoms with van der Waals surface area (Å²) < 4.78 is 59.2. The smallest absolute Gasteiger partial charge is 0.00506 e. The molecule has 0 aliphatic heterocycles. The molecule has 0 fully saturated rings. The Morgan fingerprint density at radius 1 is 0.474 bits per heavy atom. The quantitative estimate of drug-likeness (QED) is 0.291. The van der Waals surface area contributed by atoms with Crippen LogP contribution in [0.25, 0.3) is 0 Å². The zero-order chi connectivity index (χ0) is 14.2. The van der Waals surface area contributed by atoms with E-state index in [1.807, 2.05) is 67.1 Å². The molecule has 0 nitrogen and oxygen atoms in total. The van der Waals surface area contributed by atoms with E-state index >= 15 is 0 Å². The van der Waals surface area contributed by atoms with Crippen molar-refractivity contribution in [2.75, 3.05) is 0 Å². The van der Waals surface area contributed by atoms with Gasteiger partial charge in [0, 0.05) is 23.5 Å². The predicted octanol–water partition coefficient (Wildman–Crippen LogP) is 6.38. The summed E-state index contributed by atoms with van der Waals surface area (Å²) in [7, 11) is -10.7. The van der Waals surface area contributed by atoms with Crippen LogP contribution in [-0.4, -0.2) is 0 Å². The SMILES string of the molecule is F[P-](F)(F)(F)(F)F.[CH]1C=CC=C1.[Fe].c1ccccc1. The van der Waals surface area contributed by atoms with Crippen LogP contribution in [0.1, 0.15) is 0 Å². The molecule has 0 N–H and O–H groups in total. The van der Waals surface area contributed by atoms with Gasteiger partial charge in [0.2, 0.25) is 0 Å². The molecule has 1 aliphatic rings. The fraction of sp³-hybridized carbons (Fsp3) is 0. The molecule has 1 radical (unpaired) electrons. The predicted molar refractivity (Wildman–Crippen MR) is 62.6 cm³/mol. The molecule has 19 heavy (non-hydrogen) atoms. The van der Waals surface area contributed by atoms with E-state index in [9.17, 15) is 25.2 Å². The average Bonchev–Trinajstić information content (AvgIpc) is 2.73. The number of benzene rings is 1. The van der Waals surface area contributed by atoms with E-state index in [0.717, 1.165) is 0 Å². The van der Waals surface area contributed by atoms with Gasteiger partial charge in [0.05, 0.1) is 0 Å². The maximum Gasteiger partial charge on any atom is 0.00506 e. The standard InChI is InChI=1S/C6H6.C5H5.F6P.Fe/c1-2-4-6-5-3-1;1-2-4-5-3-1;1-7(2,3,4,5)6;/h1-6H;1-5H;;/q;;-1;. The minimum absolute atomic E-state index is 0. The summed E-state index contributed by atoms with van der Waals surface area (Å²) in [5.74, 6) is 0. The second-order valence-electron chi connectivity index (χ2n) is 3.08. The summed E-state index contributed by atoms with van der Waals surface area (Å²) in [6.45, 7) is 0. The molecule has 111 valence electrons. The first kappa shape index (κ1) is 20.5. The van der Waals surface area contributed by atoms with E-state index in [1.54, 1.807) is 0 Å². The fourth-order valence-corrected chi connectivity index (χ4v) is 0.706. The van der Waals surface area contributed by atoms with Crippen molar-refractivity contribution in [1.82, 2.24) is 0 Å². The second-order valence-corrected chi connectivity index (χ2v) is 4.99. The Bertz CT molecular complexity index is 347. The van der Waals surface area contributed by atoms with Gasteiger partial charge in [-0.3, -0.25) is 0 Å². The Labute approximate surface area is 117 Å². The molecule has 8 heteroatoms. The molecule has 0 atom stereocenters. The van der Waals surface area contributed by atoms with E-state index < -0.39 is 7.81 Å². The van der Waals surface area contributed by atoms with Crippen molar-refractivity contribution in [2.24, 2.45) is 0 Å². The molecular formula is C11H11F6FeP-. The van der Waals surface area contributed by atoms with E-state index in [1.165, 1.54) is 0 Å². The van der Waals surface area contributed by atoms with Crippen LogP contribution in [0.15, 0.2) is 60.7 Å². The van der Waals surface area contributed by atoms with Crippen molar-refractivity contribution < 1.29 is 42.3 Å². The molecule has 0 saturated heterocycles. The van der Waals surface area contributed by atoms with Crippen molar-refractivity contribution >= 4 is 7.81 Å². The normalized spacial score (nSPS) is 15.7. The van der Waals surface area contributed by atoms with Gasteiger partial charge in [-0.1, -0.05) is 60.7 Å². The minimum Gasteiger partial charge on any atom is -0.0767 e. The van der Waals surface area contributed by atoms with Gasteiger partial charge in [-0.25, -0.2) is 0 Å². The third-order valence-electron chi connectivity index (χ3n) is 1.22. The molecule has 1 aromatic carbocycles. The summed E-state index contributed by atoms with van der Waals surface area (Å²) in [5, 5.41) is 0. The van der Waals surface area contributed by atoms with Gasteiger partial charge in [-0.05, 0) is 0 Å². The number of halogens is 6. The molecule has 0 bridgehead atoms. The van der Waals surface area contributed by atoms with Crippen LogP contribution in [-0.2, 0) is 17.1 Å². The van der Waals surface area contributed by atoms with Gasteiger partial charge in [0.25, 0.3) is 0 Å². The third-order valence-corrected chi connectivity index (χ3v) is 1.22. The van der Waals surface area contributed by atoms with Gasteiger partial charge in [0.15, 0.2) is 0 Å². The van der Waals surface area contributed by atoms with Gasteiger partial charge < -0.3 is 0 Å². The largest absolute Gasteiger partial charge is 0.0767 e. The molecular weight excluding hydrogens is 333 g/mol. The molecule has 0 unspecified atom stereocenters. The van der Waals surface area contributed by atoms with Gasteiger partial charge in [-0.15, -0.1) is 0 Å². The number of hydrogen-bond acceptors (Lipinski definition) is 0. The molecule has 1 aliphatic carbocycles. The first-order valence-electron chi connectivity index (χ1n) is 4.68. The first-order chi connectivity index (χ1) is 7.95. The van der Waals surface area contributed by atoms with E-state index in [-0.39, 0.29) is 17.1 Å². The zero-order valence-electron chi connectivity index (χ0n) is 9.42. The Morgan fingerprint density at radius 2 is 0.684 bits per heavy atom. The summed E-state index contributed by atoms with van der Waals surface area (Å²) in [6, 6.07) is 12.0. The van der Waals surface area contributed by atoms with Crippen LogP contribution < -0.4 is 0 Å². The summed E-state index contributed by atoms with van der Waals surface area (Å²) in [5.41, 5.74) is 0. The molecule has 0 heterocycles. The van der Waals surface area contributed by atoms with Gasteiger partial charge in [0.1, 0.15) is 0 Å².